The van der Waals surface area contributed by atoms with Gasteiger partial charge in [-0.2, -0.15) is 0 Å². The van der Waals surface area contributed by atoms with Gasteiger partial charge in [-0.15, -0.1) is 0 Å². The minimum absolute atomic E-state index is 0. The molecule has 6 rings (SSSR count). The second-order valence-electron chi connectivity index (χ2n) is 40.0. The van der Waals surface area contributed by atoms with E-state index in [0.29, 0.717) is 33.4 Å². The molecule has 0 spiro atoms. The Morgan fingerprint density at radius 1 is 0.182 bits per heavy atom. The minimum atomic E-state index is -1.16. The number of hydrogen-bond acceptors (Lipinski definition) is 12. The molecule has 600 valence electrons. The maximum atomic E-state index is 12.3. The van der Waals surface area contributed by atoms with Crippen LogP contribution >= 0.6 is 0 Å². The van der Waals surface area contributed by atoms with Crippen molar-refractivity contribution in [2.24, 2.45) is 0 Å². The topological polar surface area (TPSA) is 362 Å². The molecule has 110 heavy (non-hydrogen) atoms. The van der Waals surface area contributed by atoms with Crippen LogP contribution in [0.5, 0.6) is 34.5 Å². The fourth-order valence-corrected chi connectivity index (χ4v) is 12.7. The minimum Gasteiger partial charge on any atom is -0.872 e. The second kappa shape index (κ2) is 36.7. The van der Waals surface area contributed by atoms with Crippen molar-refractivity contribution in [3.8, 4) is 34.5 Å². The molecule has 0 aromatic heterocycles. The van der Waals surface area contributed by atoms with Gasteiger partial charge in [-0.1, -0.05) is 320 Å². The van der Waals surface area contributed by atoms with Crippen LogP contribution in [0, 0.1) is 0 Å². The predicted molar refractivity (Wildman–Crippen MR) is 433 cm³/mol. The van der Waals surface area contributed by atoms with E-state index >= 15 is 0 Å². The molecule has 6 aromatic carbocycles. The Morgan fingerprint density at radius 3 is 0.318 bits per heavy atom. The number of carboxylic acid groups (broad SMARTS) is 6. The number of rotatable bonds is 6. The van der Waals surface area contributed by atoms with Crippen LogP contribution in [0.3, 0.4) is 0 Å². The van der Waals surface area contributed by atoms with Gasteiger partial charge in [0.1, 0.15) is 0 Å². The van der Waals surface area contributed by atoms with Gasteiger partial charge in [-0.05, 0) is 168 Å². The van der Waals surface area contributed by atoms with Crippen molar-refractivity contribution < 1.29 is 90.0 Å². The zero-order valence-electron chi connectivity index (χ0n) is 72.7. The SMILES string of the molecule is CC(C)(C)c1ccc(C(=O)O)c([O-])c1C(C)(C)C.CC(C)(C)c1ccc(C(=O)O)c([O-])c1C(C)(C)C.CC(C)(C)c1ccc(C(=O)O)c([O-])c1C(C)(C)C.CC(C)(C)c1ccc(C(=O)O)c([O-])c1C(C)(C)C.CC(C)(C)c1ccc(C(=O)O)c([O-])c1C(C)(C)C.CC(C)(C)c1ccc(C(=O)O)c([O-])c1C(C)(C)C.[Al+3].[Al+3]. The Bertz CT molecular complexity index is 3570. The summed E-state index contributed by atoms with van der Waals surface area (Å²) in [5, 5.41) is 128. The monoisotopic (exact) mass is 1550 g/mol. The second-order valence-corrected chi connectivity index (χ2v) is 40.0. The summed E-state index contributed by atoms with van der Waals surface area (Å²) < 4.78 is 0. The van der Waals surface area contributed by atoms with E-state index in [-0.39, 0.29) is 168 Å². The first kappa shape index (κ1) is 104. The number of carboxylic acids is 6. The summed E-state index contributed by atoms with van der Waals surface area (Å²) in [6.07, 6.45) is 0. The van der Waals surface area contributed by atoms with Gasteiger partial charge in [0, 0.05) is 0 Å². The molecule has 0 saturated heterocycles. The van der Waals surface area contributed by atoms with E-state index in [9.17, 15) is 59.4 Å². The summed E-state index contributed by atoms with van der Waals surface area (Å²) in [6, 6.07) is 19.1. The molecular weight excluding hydrogens is 1420 g/mol. The number of hydrogen-bond donors (Lipinski definition) is 6. The molecule has 0 fully saturated rings. The van der Waals surface area contributed by atoms with Crippen LogP contribution in [0.15, 0.2) is 72.8 Å². The summed E-state index contributed by atoms with van der Waals surface area (Å²) in [6.45, 7) is 71.3. The standard InChI is InChI=1S/6C15H22O3.2Al/c6*1-14(2,3)10-8-7-9(13(17)18)12(16)11(10)15(4,5)6;;/h6*7-8,16H,1-6H3,(H,17,18);;/q;;;;;;2*+3/p-6. The van der Waals surface area contributed by atoms with Crippen molar-refractivity contribution >= 4 is 70.5 Å². The average Bonchev–Trinajstić information content (AvgIpc) is 0.809. The van der Waals surface area contributed by atoms with Gasteiger partial charge in [0.25, 0.3) is 0 Å². The van der Waals surface area contributed by atoms with Gasteiger partial charge in [0.2, 0.25) is 0 Å². The van der Waals surface area contributed by atoms with Crippen molar-refractivity contribution in [3.63, 3.8) is 0 Å². The van der Waals surface area contributed by atoms with Gasteiger partial charge < -0.3 is 61.3 Å². The maximum Gasteiger partial charge on any atom is 3.00 e. The Kier molecular flexibility index (Phi) is 34.7. The summed E-state index contributed by atoms with van der Waals surface area (Å²) >= 11 is 0. The zero-order chi connectivity index (χ0) is 85.8. The van der Waals surface area contributed by atoms with Crippen LogP contribution in [0.25, 0.3) is 0 Å². The Balaban J connectivity index is 0. The summed E-state index contributed by atoms with van der Waals surface area (Å²) in [5.74, 6) is -9.12. The Labute approximate surface area is 678 Å². The number of carbonyl (C=O) groups is 6. The first-order chi connectivity index (χ1) is 47.8. The molecule has 6 aromatic rings. The van der Waals surface area contributed by atoms with E-state index in [1.807, 2.05) is 249 Å². The van der Waals surface area contributed by atoms with Crippen molar-refractivity contribution in [2.75, 3.05) is 0 Å². The van der Waals surface area contributed by atoms with Crippen LogP contribution in [0.1, 0.15) is 378 Å². The molecule has 0 atom stereocenters. The molecule has 0 aliphatic carbocycles. The molecule has 0 radical (unpaired) electrons. The van der Waals surface area contributed by atoms with Crippen LogP contribution < -0.4 is 30.6 Å². The average molecular weight is 1550 g/mol. The van der Waals surface area contributed by atoms with Crippen molar-refractivity contribution in [2.45, 2.75) is 314 Å². The Morgan fingerprint density at radius 2 is 0.264 bits per heavy atom. The van der Waals surface area contributed by atoms with E-state index in [2.05, 4.69) is 0 Å². The van der Waals surface area contributed by atoms with Crippen LogP contribution in [0.4, 0.5) is 0 Å². The molecular formula is C90H126Al2O18. The Hall–Kier alpha value is -8.00. The fraction of sp³-hybridized carbons (Fsp3) is 0.533. The largest absolute Gasteiger partial charge is 3.00 e. The molecule has 0 unspecified atom stereocenters. The third kappa shape index (κ3) is 27.2. The van der Waals surface area contributed by atoms with Crippen LogP contribution in [0.2, 0.25) is 0 Å². The van der Waals surface area contributed by atoms with Gasteiger partial charge in [0.15, 0.2) is 0 Å². The van der Waals surface area contributed by atoms with E-state index in [1.165, 1.54) is 36.4 Å². The van der Waals surface area contributed by atoms with Gasteiger partial charge in [-0.3, -0.25) is 0 Å². The maximum absolute atomic E-state index is 12.3. The van der Waals surface area contributed by atoms with Crippen molar-refractivity contribution in [3.05, 3.63) is 173 Å². The predicted octanol–water partition coefficient (Wildman–Crippen LogP) is 17.6. The third-order valence-electron chi connectivity index (χ3n) is 17.7. The molecule has 0 aliphatic rings. The molecule has 6 N–H and O–H groups in total. The van der Waals surface area contributed by atoms with E-state index in [1.54, 1.807) is 36.4 Å². The summed E-state index contributed by atoms with van der Waals surface area (Å²) in [5.41, 5.74) is 4.98. The van der Waals surface area contributed by atoms with Gasteiger partial charge >= 0.3 is 70.5 Å². The van der Waals surface area contributed by atoms with E-state index in [4.69, 9.17) is 30.6 Å². The molecule has 0 saturated carbocycles. The summed E-state index contributed by atoms with van der Waals surface area (Å²) in [4.78, 5) is 66.4. The van der Waals surface area contributed by atoms with E-state index in [0.717, 1.165) is 33.4 Å². The van der Waals surface area contributed by atoms with Crippen molar-refractivity contribution in [1.82, 2.24) is 0 Å². The smallest absolute Gasteiger partial charge is 0.872 e. The molecule has 20 heteroatoms. The molecule has 0 amide bonds. The summed E-state index contributed by atoms with van der Waals surface area (Å²) in [7, 11) is 0. The molecule has 0 bridgehead atoms. The molecule has 0 heterocycles. The van der Waals surface area contributed by atoms with Crippen LogP contribution in [-0.4, -0.2) is 101 Å². The first-order valence-electron chi connectivity index (χ1n) is 36.3. The third-order valence-corrected chi connectivity index (χ3v) is 17.7. The fourth-order valence-electron chi connectivity index (χ4n) is 12.7. The molecule has 0 aliphatic heterocycles. The van der Waals surface area contributed by atoms with Gasteiger partial charge in [0.05, 0.1) is 33.4 Å². The van der Waals surface area contributed by atoms with E-state index < -0.39 is 35.8 Å². The zero-order valence-corrected chi connectivity index (χ0v) is 75.0. The quantitative estimate of drug-likeness (QED) is 0.0844. The van der Waals surface area contributed by atoms with Crippen molar-refractivity contribution in [1.29, 1.82) is 0 Å². The normalized spacial score (nSPS) is 12.3. The number of benzene rings is 6. The van der Waals surface area contributed by atoms with Crippen LogP contribution in [-0.2, 0) is 65.0 Å². The van der Waals surface area contributed by atoms with Gasteiger partial charge in [-0.25, -0.2) is 28.8 Å². The number of aromatic carboxylic acids is 6. The molecule has 18 nitrogen and oxygen atoms in total. The first-order valence-corrected chi connectivity index (χ1v) is 36.3.